The molecule has 1 aliphatic rings. The van der Waals surface area contributed by atoms with Gasteiger partial charge in [-0.05, 0) is 37.0 Å². The van der Waals surface area contributed by atoms with Crippen molar-refractivity contribution in [2.75, 3.05) is 20.1 Å². The summed E-state index contributed by atoms with van der Waals surface area (Å²) < 4.78 is 0. The van der Waals surface area contributed by atoms with E-state index in [1.165, 1.54) is 11.1 Å². The first-order valence-electron chi connectivity index (χ1n) is 9.18. The van der Waals surface area contributed by atoms with Crippen LogP contribution < -0.4 is 0 Å². The van der Waals surface area contributed by atoms with Crippen molar-refractivity contribution < 1.29 is 4.79 Å². The Kier molecular flexibility index (Phi) is 7.24. The van der Waals surface area contributed by atoms with Gasteiger partial charge in [-0.3, -0.25) is 9.69 Å². The zero-order chi connectivity index (χ0) is 17.8. The minimum Gasteiger partial charge on any atom is -0.341 e. The largest absolute Gasteiger partial charge is 0.341 e. The van der Waals surface area contributed by atoms with Crippen molar-refractivity contribution >= 4 is 18.3 Å². The molecule has 140 valence electrons. The maximum Gasteiger partial charge on any atom is 0.227 e. The number of nitrogens with zero attached hydrogens (tertiary/aromatic N) is 2. The van der Waals surface area contributed by atoms with E-state index in [0.717, 1.165) is 25.1 Å². The van der Waals surface area contributed by atoms with Crippen molar-refractivity contribution in [1.29, 1.82) is 0 Å². The van der Waals surface area contributed by atoms with Crippen molar-refractivity contribution in [3.05, 3.63) is 60.2 Å². The van der Waals surface area contributed by atoms with E-state index in [2.05, 4.69) is 55.1 Å². The first-order valence-corrected chi connectivity index (χ1v) is 9.18. The maximum atomic E-state index is 12.6. The van der Waals surface area contributed by atoms with Crippen LogP contribution in [0.3, 0.4) is 0 Å². The smallest absolute Gasteiger partial charge is 0.227 e. The summed E-state index contributed by atoms with van der Waals surface area (Å²) in [4.78, 5) is 17.0. The number of hydrogen-bond donors (Lipinski definition) is 0. The van der Waals surface area contributed by atoms with Crippen LogP contribution in [0.4, 0.5) is 0 Å². The fourth-order valence-corrected chi connectivity index (χ4v) is 3.50. The summed E-state index contributed by atoms with van der Waals surface area (Å²) in [6.07, 6.45) is 1.55. The van der Waals surface area contributed by atoms with E-state index < -0.39 is 0 Å². The molecule has 1 aliphatic heterocycles. The number of rotatable bonds is 5. The second-order valence-corrected chi connectivity index (χ2v) is 7.28. The molecule has 4 heteroatoms. The Morgan fingerprint density at radius 2 is 1.69 bits per heavy atom. The van der Waals surface area contributed by atoms with E-state index in [9.17, 15) is 4.79 Å². The lowest BCUT2D eigenvalue weighted by atomic mass is 10.0. The van der Waals surface area contributed by atoms with Gasteiger partial charge in [0.2, 0.25) is 5.91 Å². The molecule has 0 radical (unpaired) electrons. The molecule has 2 aromatic rings. The van der Waals surface area contributed by atoms with Gasteiger partial charge in [0.25, 0.3) is 0 Å². The third-order valence-corrected chi connectivity index (χ3v) is 5.28. The van der Waals surface area contributed by atoms with Crippen LogP contribution >= 0.6 is 12.4 Å². The quantitative estimate of drug-likeness (QED) is 0.782. The molecule has 26 heavy (non-hydrogen) atoms. The highest BCUT2D eigenvalue weighted by Crippen LogP contribution is 2.21. The average Bonchev–Trinajstić information content (AvgIpc) is 3.13. The van der Waals surface area contributed by atoms with Crippen LogP contribution in [0.25, 0.3) is 11.1 Å². The lowest BCUT2D eigenvalue weighted by molar-refractivity contribution is -0.131. The minimum atomic E-state index is 0. The molecule has 0 N–H and O–H groups in total. The van der Waals surface area contributed by atoms with Crippen LogP contribution in [0.5, 0.6) is 0 Å². The molecule has 1 saturated heterocycles. The van der Waals surface area contributed by atoms with Gasteiger partial charge in [-0.15, -0.1) is 12.4 Å². The van der Waals surface area contributed by atoms with Gasteiger partial charge in [-0.2, -0.15) is 0 Å². The Morgan fingerprint density at radius 1 is 1.08 bits per heavy atom. The SMILES string of the molecule is CC(C)N1CCC(N(C)C(=O)Cc2ccc(-c3ccccc3)cc2)C1.Cl. The second kappa shape index (κ2) is 9.20. The highest BCUT2D eigenvalue weighted by molar-refractivity contribution is 5.85. The Bertz CT molecular complexity index is 700. The van der Waals surface area contributed by atoms with E-state index >= 15 is 0 Å². The summed E-state index contributed by atoms with van der Waals surface area (Å²) in [5, 5.41) is 0. The zero-order valence-corrected chi connectivity index (χ0v) is 16.7. The van der Waals surface area contributed by atoms with Crippen LogP contribution in [0.1, 0.15) is 25.8 Å². The summed E-state index contributed by atoms with van der Waals surface area (Å²) in [7, 11) is 1.95. The fraction of sp³-hybridized carbons (Fsp3) is 0.409. The molecule has 0 aliphatic carbocycles. The summed E-state index contributed by atoms with van der Waals surface area (Å²) in [6.45, 7) is 6.52. The van der Waals surface area contributed by atoms with E-state index in [1.807, 2.05) is 30.1 Å². The molecule has 3 rings (SSSR count). The number of likely N-dealkylation sites (tertiary alicyclic amines) is 1. The topological polar surface area (TPSA) is 23.6 Å². The zero-order valence-electron chi connectivity index (χ0n) is 15.9. The third kappa shape index (κ3) is 4.87. The molecular formula is C22H29ClN2O. The van der Waals surface area contributed by atoms with Crippen molar-refractivity contribution in [1.82, 2.24) is 9.80 Å². The van der Waals surface area contributed by atoms with Crippen molar-refractivity contribution in [2.45, 2.75) is 38.8 Å². The third-order valence-electron chi connectivity index (χ3n) is 5.28. The first-order chi connectivity index (χ1) is 12.0. The van der Waals surface area contributed by atoms with Gasteiger partial charge < -0.3 is 4.90 Å². The Balaban J connectivity index is 0.00000243. The molecule has 0 aromatic heterocycles. The van der Waals surface area contributed by atoms with E-state index in [1.54, 1.807) is 0 Å². The molecule has 0 saturated carbocycles. The summed E-state index contributed by atoms with van der Waals surface area (Å²) in [6, 6.07) is 19.6. The minimum absolute atomic E-state index is 0. The molecule has 3 nitrogen and oxygen atoms in total. The van der Waals surface area contributed by atoms with Crippen LogP contribution in [0, 0.1) is 0 Å². The van der Waals surface area contributed by atoms with Crippen molar-refractivity contribution in [2.24, 2.45) is 0 Å². The monoisotopic (exact) mass is 372 g/mol. The molecule has 1 atom stereocenters. The molecular weight excluding hydrogens is 344 g/mol. The van der Waals surface area contributed by atoms with Gasteiger partial charge in [0.05, 0.1) is 6.42 Å². The number of carbonyl (C=O) groups excluding carboxylic acids is 1. The Hall–Kier alpha value is -1.84. The van der Waals surface area contributed by atoms with E-state index in [-0.39, 0.29) is 18.3 Å². The van der Waals surface area contributed by atoms with Gasteiger partial charge in [-0.25, -0.2) is 0 Å². The summed E-state index contributed by atoms with van der Waals surface area (Å²) in [5.74, 6) is 0.211. The Labute approximate surface area is 163 Å². The highest BCUT2D eigenvalue weighted by atomic mass is 35.5. The fourth-order valence-electron chi connectivity index (χ4n) is 3.50. The van der Waals surface area contributed by atoms with Crippen LogP contribution in [-0.2, 0) is 11.2 Å². The van der Waals surface area contributed by atoms with Crippen LogP contribution in [-0.4, -0.2) is 47.9 Å². The number of amides is 1. The number of benzene rings is 2. The molecule has 0 bridgehead atoms. The average molecular weight is 373 g/mol. The highest BCUT2D eigenvalue weighted by Gasteiger charge is 2.29. The van der Waals surface area contributed by atoms with Gasteiger partial charge >= 0.3 is 0 Å². The van der Waals surface area contributed by atoms with Gasteiger partial charge in [0, 0.05) is 32.2 Å². The number of hydrogen-bond acceptors (Lipinski definition) is 2. The normalized spacial score (nSPS) is 17.2. The van der Waals surface area contributed by atoms with E-state index in [4.69, 9.17) is 0 Å². The standard InChI is InChI=1S/C22H28N2O.ClH/c1-17(2)24-14-13-21(16-24)23(3)22(25)15-18-9-11-20(12-10-18)19-7-5-4-6-8-19;/h4-12,17,21H,13-16H2,1-3H3;1H. The summed E-state index contributed by atoms with van der Waals surface area (Å²) in [5.41, 5.74) is 3.47. The number of halogens is 1. The predicted molar refractivity (Wildman–Crippen MR) is 111 cm³/mol. The van der Waals surface area contributed by atoms with Gasteiger partial charge in [-0.1, -0.05) is 54.6 Å². The van der Waals surface area contributed by atoms with Crippen molar-refractivity contribution in [3.8, 4) is 11.1 Å². The molecule has 1 unspecified atom stereocenters. The number of likely N-dealkylation sites (N-methyl/N-ethyl adjacent to an activating group) is 1. The molecule has 1 fully saturated rings. The van der Waals surface area contributed by atoms with Crippen LogP contribution in [0.15, 0.2) is 54.6 Å². The molecule has 0 spiro atoms. The van der Waals surface area contributed by atoms with Crippen molar-refractivity contribution in [3.63, 3.8) is 0 Å². The van der Waals surface area contributed by atoms with Gasteiger partial charge in [0.15, 0.2) is 0 Å². The van der Waals surface area contributed by atoms with Crippen LogP contribution in [0.2, 0.25) is 0 Å². The summed E-state index contributed by atoms with van der Waals surface area (Å²) >= 11 is 0. The lowest BCUT2D eigenvalue weighted by Gasteiger charge is -2.26. The molecule has 1 heterocycles. The molecule has 1 amide bonds. The molecule has 2 aromatic carbocycles. The maximum absolute atomic E-state index is 12.6. The van der Waals surface area contributed by atoms with Gasteiger partial charge in [0.1, 0.15) is 0 Å². The van der Waals surface area contributed by atoms with E-state index in [0.29, 0.717) is 18.5 Å². The second-order valence-electron chi connectivity index (χ2n) is 7.28. The Morgan fingerprint density at radius 3 is 2.27 bits per heavy atom. The predicted octanol–water partition coefficient (Wildman–Crippen LogP) is 4.26. The first kappa shape index (κ1) is 20.5. The lowest BCUT2D eigenvalue weighted by Crippen LogP contribution is -2.40. The number of carbonyl (C=O) groups is 1.